The van der Waals surface area contributed by atoms with Crippen LogP contribution in [0.15, 0.2) is 27.8 Å². The van der Waals surface area contributed by atoms with Crippen LogP contribution in [-0.4, -0.2) is 72.8 Å². The van der Waals surface area contributed by atoms with Crippen molar-refractivity contribution in [1.82, 2.24) is 21.3 Å². The minimum atomic E-state index is -1.05. The van der Waals surface area contributed by atoms with Crippen molar-refractivity contribution < 1.29 is 28.4 Å². The van der Waals surface area contributed by atoms with Crippen molar-refractivity contribution in [2.45, 2.75) is 97.8 Å². The zero-order chi connectivity index (χ0) is 34.1. The molecule has 0 unspecified atom stereocenters. The van der Waals surface area contributed by atoms with Crippen LogP contribution in [0.5, 0.6) is 0 Å². The van der Waals surface area contributed by atoms with Gasteiger partial charge in [0.15, 0.2) is 11.8 Å². The summed E-state index contributed by atoms with van der Waals surface area (Å²) >= 11 is 0. The number of nitrogens with two attached hydrogens (primary N) is 3. The van der Waals surface area contributed by atoms with Crippen molar-refractivity contribution >= 4 is 41.4 Å². The SMILES string of the molecule is CC[C@H](C)[C@H](NC(=O)[C@H](CC(C)C)Nc1ccco1)C(=O)NCC(=O)N[C@@H](CCCN=C(N)N)C(=O)N[C@@H](CC(C)C)C(N)=O. The average Bonchev–Trinajstić information content (AvgIpc) is 3.47. The lowest BCUT2D eigenvalue weighted by atomic mass is 9.96. The molecule has 45 heavy (non-hydrogen) atoms. The Labute approximate surface area is 265 Å². The average molecular weight is 636 g/mol. The van der Waals surface area contributed by atoms with Gasteiger partial charge in [0.25, 0.3) is 0 Å². The molecule has 254 valence electrons. The highest BCUT2D eigenvalue weighted by atomic mass is 16.3. The molecular formula is C30H53N9O6. The van der Waals surface area contributed by atoms with Gasteiger partial charge >= 0.3 is 0 Å². The monoisotopic (exact) mass is 635 g/mol. The molecule has 0 radical (unpaired) electrons. The number of nitrogens with zero attached hydrogens (tertiary/aromatic N) is 1. The standard InChI is InChI=1S/C30H53N9O6/c1-7-19(6)25(39-28(43)22(15-18(4)5)37-24-11-9-13-45-24)29(44)35-16-23(40)36-20(10-8-12-34-30(32)33)27(42)38-21(26(31)41)14-17(2)3/h9,11,13,17-22,25,37H,7-8,10,12,14-16H2,1-6H3,(H2,31,41)(H,35,44)(H,36,40)(H,38,42)(H,39,43)(H4,32,33,34)/t19-,20-,21-,22-,25-/m0/s1. The van der Waals surface area contributed by atoms with Crippen LogP contribution < -0.4 is 43.8 Å². The van der Waals surface area contributed by atoms with Crippen molar-refractivity contribution in [3.05, 3.63) is 18.4 Å². The van der Waals surface area contributed by atoms with Crippen LogP contribution in [0.25, 0.3) is 0 Å². The summed E-state index contributed by atoms with van der Waals surface area (Å²) in [4.78, 5) is 68.3. The molecular weight excluding hydrogens is 582 g/mol. The molecule has 1 aromatic heterocycles. The number of guanidine groups is 1. The Morgan fingerprint density at radius 2 is 1.47 bits per heavy atom. The largest absolute Gasteiger partial charge is 0.449 e. The fourth-order valence-corrected chi connectivity index (χ4v) is 4.48. The third-order valence-corrected chi connectivity index (χ3v) is 7.04. The lowest BCUT2D eigenvalue weighted by Gasteiger charge is -2.27. The summed E-state index contributed by atoms with van der Waals surface area (Å²) < 4.78 is 5.34. The van der Waals surface area contributed by atoms with Gasteiger partial charge in [0.1, 0.15) is 24.2 Å². The normalized spacial score (nSPS) is 14.4. The summed E-state index contributed by atoms with van der Waals surface area (Å²) in [6.45, 7) is 11.2. The summed E-state index contributed by atoms with van der Waals surface area (Å²) in [5.74, 6) is -2.54. The third kappa shape index (κ3) is 15.3. The van der Waals surface area contributed by atoms with E-state index in [-0.39, 0.29) is 42.6 Å². The first kappa shape index (κ1) is 38.7. The van der Waals surface area contributed by atoms with Gasteiger partial charge < -0.3 is 48.2 Å². The highest BCUT2D eigenvalue weighted by Crippen LogP contribution is 2.16. The van der Waals surface area contributed by atoms with Gasteiger partial charge in [-0.05, 0) is 49.5 Å². The number of carbonyl (C=O) groups excluding carboxylic acids is 5. The summed E-state index contributed by atoms with van der Waals surface area (Å²) in [7, 11) is 0. The Kier molecular flexibility index (Phi) is 17.1. The number of rotatable bonds is 21. The maximum absolute atomic E-state index is 13.3. The van der Waals surface area contributed by atoms with E-state index < -0.39 is 54.3 Å². The number of amides is 5. The molecule has 5 amide bonds. The third-order valence-electron chi connectivity index (χ3n) is 7.04. The molecule has 1 aromatic rings. The number of hydrogen-bond acceptors (Lipinski definition) is 8. The molecule has 5 atom stereocenters. The number of primary amides is 1. The van der Waals surface area contributed by atoms with Gasteiger partial charge in [0, 0.05) is 12.6 Å². The predicted molar refractivity (Wildman–Crippen MR) is 172 cm³/mol. The van der Waals surface area contributed by atoms with Gasteiger partial charge in [-0.3, -0.25) is 29.0 Å². The fraction of sp³-hybridized carbons (Fsp3) is 0.667. The molecule has 0 aliphatic rings. The molecule has 1 rings (SSSR count). The number of furan rings is 1. The molecule has 0 saturated heterocycles. The van der Waals surface area contributed by atoms with Crippen LogP contribution >= 0.6 is 0 Å². The quantitative estimate of drug-likeness (QED) is 0.0525. The second-order valence-electron chi connectivity index (χ2n) is 12.1. The van der Waals surface area contributed by atoms with E-state index in [1.807, 2.05) is 41.5 Å². The van der Waals surface area contributed by atoms with E-state index in [0.717, 1.165) is 0 Å². The van der Waals surface area contributed by atoms with Crippen molar-refractivity contribution in [3.8, 4) is 0 Å². The number of hydrogen-bond donors (Lipinski definition) is 8. The second-order valence-corrected chi connectivity index (χ2v) is 12.1. The Bertz CT molecular complexity index is 1120. The lowest BCUT2D eigenvalue weighted by Crippen LogP contribution is -2.56. The highest BCUT2D eigenvalue weighted by Gasteiger charge is 2.31. The van der Waals surface area contributed by atoms with E-state index in [1.54, 1.807) is 12.1 Å². The van der Waals surface area contributed by atoms with Gasteiger partial charge in [-0.25, -0.2) is 0 Å². The van der Waals surface area contributed by atoms with E-state index in [9.17, 15) is 24.0 Å². The Morgan fingerprint density at radius 3 is 2.00 bits per heavy atom. The number of anilines is 1. The molecule has 15 heteroatoms. The van der Waals surface area contributed by atoms with Crippen LogP contribution in [0, 0.1) is 17.8 Å². The van der Waals surface area contributed by atoms with E-state index in [4.69, 9.17) is 21.6 Å². The topological polar surface area (TPSA) is 249 Å². The van der Waals surface area contributed by atoms with Gasteiger partial charge in [-0.1, -0.05) is 48.0 Å². The first-order chi connectivity index (χ1) is 21.1. The summed E-state index contributed by atoms with van der Waals surface area (Å²) in [6.07, 6.45) is 3.39. The molecule has 15 nitrogen and oxygen atoms in total. The van der Waals surface area contributed by atoms with Crippen LogP contribution in [-0.2, 0) is 24.0 Å². The van der Waals surface area contributed by atoms with Crippen LogP contribution in [0.4, 0.5) is 5.88 Å². The summed E-state index contributed by atoms with van der Waals surface area (Å²) in [6, 6.07) is -0.146. The van der Waals surface area contributed by atoms with Gasteiger partial charge in [0.05, 0.1) is 12.8 Å². The molecule has 0 aliphatic heterocycles. The second kappa shape index (κ2) is 19.9. The predicted octanol–water partition coefficient (Wildman–Crippen LogP) is 0.308. The number of nitrogens with one attached hydrogen (secondary N) is 5. The first-order valence-corrected chi connectivity index (χ1v) is 15.5. The Balaban J connectivity index is 2.95. The molecule has 0 fully saturated rings. The van der Waals surface area contributed by atoms with Crippen molar-refractivity contribution in [3.63, 3.8) is 0 Å². The number of carbonyl (C=O) groups is 5. The van der Waals surface area contributed by atoms with Crippen LogP contribution in [0.1, 0.15) is 73.6 Å². The molecule has 0 spiro atoms. The van der Waals surface area contributed by atoms with Crippen molar-refractivity contribution in [2.75, 3.05) is 18.4 Å². The van der Waals surface area contributed by atoms with Crippen LogP contribution in [0.2, 0.25) is 0 Å². The molecule has 11 N–H and O–H groups in total. The number of aliphatic imine (C=N–C) groups is 1. The van der Waals surface area contributed by atoms with Gasteiger partial charge in [-0.15, -0.1) is 0 Å². The zero-order valence-electron chi connectivity index (χ0n) is 27.4. The van der Waals surface area contributed by atoms with Gasteiger partial charge in [0.2, 0.25) is 29.5 Å². The van der Waals surface area contributed by atoms with E-state index >= 15 is 0 Å². The minimum absolute atomic E-state index is 0.0773. The fourth-order valence-electron chi connectivity index (χ4n) is 4.48. The Morgan fingerprint density at radius 1 is 0.844 bits per heavy atom. The smallest absolute Gasteiger partial charge is 0.243 e. The molecule has 1 heterocycles. The summed E-state index contributed by atoms with van der Waals surface area (Å²) in [5, 5.41) is 13.7. The molecule has 0 bridgehead atoms. The molecule has 0 aromatic carbocycles. The van der Waals surface area contributed by atoms with Gasteiger partial charge in [-0.2, -0.15) is 0 Å². The first-order valence-electron chi connectivity index (χ1n) is 15.5. The maximum atomic E-state index is 13.3. The maximum Gasteiger partial charge on any atom is 0.243 e. The van der Waals surface area contributed by atoms with Crippen molar-refractivity contribution in [2.24, 2.45) is 39.9 Å². The minimum Gasteiger partial charge on any atom is -0.449 e. The molecule has 0 aliphatic carbocycles. The van der Waals surface area contributed by atoms with Crippen LogP contribution in [0.3, 0.4) is 0 Å². The molecule has 0 saturated carbocycles. The zero-order valence-corrected chi connectivity index (χ0v) is 27.4. The van der Waals surface area contributed by atoms with E-state index in [2.05, 4.69) is 31.6 Å². The Hall–Kier alpha value is -4.30. The summed E-state index contributed by atoms with van der Waals surface area (Å²) in [5.41, 5.74) is 16.2. The van der Waals surface area contributed by atoms with E-state index in [1.165, 1.54) is 6.26 Å². The van der Waals surface area contributed by atoms with E-state index in [0.29, 0.717) is 31.6 Å². The van der Waals surface area contributed by atoms with Crippen molar-refractivity contribution in [1.29, 1.82) is 0 Å². The lowest BCUT2D eigenvalue weighted by molar-refractivity contribution is -0.133. The highest BCUT2D eigenvalue weighted by molar-refractivity contribution is 5.94.